The first-order valence-corrected chi connectivity index (χ1v) is 12.1. The topological polar surface area (TPSA) is 88.0 Å². The fourth-order valence-corrected chi connectivity index (χ4v) is 5.36. The first-order chi connectivity index (χ1) is 16.1. The average Bonchev–Trinajstić information content (AvgIpc) is 3.09. The highest BCUT2D eigenvalue weighted by Crippen LogP contribution is 2.39. The number of carboxylic acids is 1. The van der Waals surface area contributed by atoms with Crippen LogP contribution in [-0.2, 0) is 4.79 Å². The molecule has 3 atom stereocenters. The van der Waals surface area contributed by atoms with Crippen LogP contribution >= 0.6 is 11.6 Å². The largest absolute Gasteiger partial charge is 0.481 e. The van der Waals surface area contributed by atoms with Crippen molar-refractivity contribution in [2.45, 2.75) is 52.2 Å². The summed E-state index contributed by atoms with van der Waals surface area (Å²) in [6.07, 6.45) is 5.28. The van der Waals surface area contributed by atoms with Gasteiger partial charge in [0.15, 0.2) is 0 Å². The van der Waals surface area contributed by atoms with Crippen molar-refractivity contribution in [3.63, 3.8) is 0 Å². The molecule has 2 aromatic heterocycles. The average molecular weight is 489 g/mol. The summed E-state index contributed by atoms with van der Waals surface area (Å²) in [6, 6.07) is 5.72. The first kappa shape index (κ1) is 24.4. The number of aromatic nitrogens is 2. The van der Waals surface area contributed by atoms with Crippen LogP contribution in [-0.4, -0.2) is 59.9 Å². The SMILES string of the molecule is COc1cc(N2CCC(Oc3ccc(N4CC(C)(C)CC4CC(=O)O)cn3)C(C)C2)c(Cl)cn1. The Kier molecular flexibility index (Phi) is 7.07. The van der Waals surface area contributed by atoms with E-state index in [1.165, 1.54) is 0 Å². The number of hydrogen-bond donors (Lipinski definition) is 1. The zero-order valence-electron chi connectivity index (χ0n) is 20.2. The molecular weight excluding hydrogens is 456 g/mol. The lowest BCUT2D eigenvalue weighted by Gasteiger charge is -2.38. The Morgan fingerprint density at radius 3 is 2.68 bits per heavy atom. The lowest BCUT2D eigenvalue weighted by molar-refractivity contribution is -0.137. The van der Waals surface area contributed by atoms with E-state index in [4.69, 9.17) is 21.1 Å². The Balaban J connectivity index is 1.39. The standard InChI is InChI=1S/C25H33ClN4O4/c1-16-14-29(20-10-23(33-4)28-13-19(20)26)8-7-21(16)34-22-6-5-17(12-27-22)30-15-25(2,3)11-18(30)9-24(31)32/h5-6,10,12-13,16,18,21H,7-9,11,14-15H2,1-4H3,(H,31,32). The van der Waals surface area contributed by atoms with Gasteiger partial charge in [-0.1, -0.05) is 32.4 Å². The first-order valence-electron chi connectivity index (χ1n) is 11.7. The van der Waals surface area contributed by atoms with Crippen molar-refractivity contribution in [1.29, 1.82) is 0 Å². The minimum Gasteiger partial charge on any atom is -0.481 e. The van der Waals surface area contributed by atoms with E-state index in [-0.39, 0.29) is 29.9 Å². The fraction of sp³-hybridized carbons (Fsp3) is 0.560. The summed E-state index contributed by atoms with van der Waals surface area (Å²) >= 11 is 6.39. The Morgan fingerprint density at radius 1 is 1.26 bits per heavy atom. The second-order valence-corrected chi connectivity index (χ2v) is 10.6. The van der Waals surface area contributed by atoms with Crippen molar-refractivity contribution < 1.29 is 19.4 Å². The van der Waals surface area contributed by atoms with Crippen LogP contribution in [0.25, 0.3) is 0 Å². The molecular formula is C25H33ClN4O4. The molecule has 2 aliphatic heterocycles. The van der Waals surface area contributed by atoms with Gasteiger partial charge in [-0.2, -0.15) is 0 Å². The van der Waals surface area contributed by atoms with Crippen molar-refractivity contribution in [1.82, 2.24) is 9.97 Å². The third kappa shape index (κ3) is 5.49. The minimum atomic E-state index is -0.771. The van der Waals surface area contributed by atoms with E-state index in [9.17, 15) is 9.90 Å². The van der Waals surface area contributed by atoms with Gasteiger partial charge in [0.25, 0.3) is 0 Å². The summed E-state index contributed by atoms with van der Waals surface area (Å²) in [5.74, 6) is 0.629. The Hall–Kier alpha value is -2.74. The Bertz CT molecular complexity index is 1020. The van der Waals surface area contributed by atoms with Crippen LogP contribution in [0.4, 0.5) is 11.4 Å². The molecule has 2 aliphatic rings. The van der Waals surface area contributed by atoms with Crippen molar-refractivity contribution in [3.05, 3.63) is 35.6 Å². The predicted octanol–water partition coefficient (Wildman–Crippen LogP) is 4.51. The maximum atomic E-state index is 11.3. The highest BCUT2D eigenvalue weighted by atomic mass is 35.5. The van der Waals surface area contributed by atoms with Gasteiger partial charge < -0.3 is 24.4 Å². The van der Waals surface area contributed by atoms with Gasteiger partial charge in [0, 0.05) is 50.1 Å². The molecule has 1 N–H and O–H groups in total. The maximum Gasteiger partial charge on any atom is 0.305 e. The maximum absolute atomic E-state index is 11.3. The molecule has 2 saturated heterocycles. The summed E-state index contributed by atoms with van der Waals surface area (Å²) < 4.78 is 11.5. The molecule has 8 nitrogen and oxygen atoms in total. The van der Waals surface area contributed by atoms with Crippen LogP contribution in [0, 0.1) is 11.3 Å². The van der Waals surface area contributed by atoms with E-state index in [1.54, 1.807) is 19.5 Å². The van der Waals surface area contributed by atoms with Gasteiger partial charge in [-0.15, -0.1) is 0 Å². The molecule has 0 bridgehead atoms. The Morgan fingerprint density at radius 2 is 2.03 bits per heavy atom. The van der Waals surface area contributed by atoms with Crippen LogP contribution in [0.1, 0.15) is 40.0 Å². The van der Waals surface area contributed by atoms with Crippen molar-refractivity contribution in [3.8, 4) is 11.8 Å². The molecule has 4 heterocycles. The molecule has 4 rings (SSSR count). The predicted molar refractivity (Wildman–Crippen MR) is 132 cm³/mol. The molecule has 0 radical (unpaired) electrons. The molecule has 184 valence electrons. The zero-order chi connectivity index (χ0) is 24.5. The molecule has 0 amide bonds. The number of carboxylic acid groups (broad SMARTS) is 1. The molecule has 2 aromatic rings. The van der Waals surface area contributed by atoms with Crippen molar-refractivity contribution in [2.75, 3.05) is 36.5 Å². The lowest BCUT2D eigenvalue weighted by Crippen LogP contribution is -2.44. The molecule has 34 heavy (non-hydrogen) atoms. The van der Waals surface area contributed by atoms with E-state index >= 15 is 0 Å². The third-order valence-corrected chi connectivity index (χ3v) is 7.04. The number of carbonyl (C=O) groups is 1. The number of piperidine rings is 1. The quantitative estimate of drug-likeness (QED) is 0.609. The molecule has 0 saturated carbocycles. The third-order valence-electron chi connectivity index (χ3n) is 6.75. The normalized spacial score (nSPS) is 24.2. The van der Waals surface area contributed by atoms with E-state index < -0.39 is 5.97 Å². The van der Waals surface area contributed by atoms with Crippen LogP contribution in [0.3, 0.4) is 0 Å². The van der Waals surface area contributed by atoms with Gasteiger partial charge in [-0.3, -0.25) is 4.79 Å². The van der Waals surface area contributed by atoms with Crippen molar-refractivity contribution >= 4 is 28.9 Å². The van der Waals surface area contributed by atoms with E-state index in [0.717, 1.165) is 43.9 Å². The monoisotopic (exact) mass is 488 g/mol. The minimum absolute atomic E-state index is 0.0240. The summed E-state index contributed by atoms with van der Waals surface area (Å²) in [7, 11) is 1.60. The second-order valence-electron chi connectivity index (χ2n) is 10.1. The number of nitrogens with zero attached hydrogens (tertiary/aromatic N) is 4. The number of halogens is 1. The fourth-order valence-electron chi connectivity index (χ4n) is 5.14. The highest BCUT2D eigenvalue weighted by molar-refractivity contribution is 6.33. The zero-order valence-corrected chi connectivity index (χ0v) is 21.0. The second kappa shape index (κ2) is 9.86. The highest BCUT2D eigenvalue weighted by Gasteiger charge is 2.38. The molecule has 0 aromatic carbocycles. The Labute approximate surface area is 205 Å². The lowest BCUT2D eigenvalue weighted by atomic mass is 9.90. The number of rotatable bonds is 7. The molecule has 2 fully saturated rings. The van der Waals surface area contributed by atoms with E-state index in [2.05, 4.69) is 40.5 Å². The molecule has 9 heteroatoms. The molecule has 0 spiro atoms. The van der Waals surface area contributed by atoms with Gasteiger partial charge in [0.1, 0.15) is 6.10 Å². The number of aliphatic carboxylic acids is 1. The van der Waals surface area contributed by atoms with Crippen molar-refractivity contribution in [2.24, 2.45) is 11.3 Å². The summed E-state index contributed by atoms with van der Waals surface area (Å²) in [6.45, 7) is 8.94. The van der Waals surface area contributed by atoms with Gasteiger partial charge in [-0.25, -0.2) is 9.97 Å². The van der Waals surface area contributed by atoms with Gasteiger partial charge in [0.05, 0.1) is 42.3 Å². The summed E-state index contributed by atoms with van der Waals surface area (Å²) in [5.41, 5.74) is 1.93. The number of methoxy groups -OCH3 is 1. The van der Waals surface area contributed by atoms with Gasteiger partial charge in [0.2, 0.25) is 11.8 Å². The van der Waals surface area contributed by atoms with E-state index in [1.807, 2.05) is 18.2 Å². The number of hydrogen-bond acceptors (Lipinski definition) is 7. The van der Waals surface area contributed by atoms with Crippen LogP contribution in [0.2, 0.25) is 5.02 Å². The smallest absolute Gasteiger partial charge is 0.305 e. The van der Waals surface area contributed by atoms with Crippen LogP contribution < -0.4 is 19.3 Å². The number of anilines is 2. The van der Waals surface area contributed by atoms with E-state index in [0.29, 0.717) is 16.8 Å². The number of ether oxygens (including phenoxy) is 2. The summed E-state index contributed by atoms with van der Waals surface area (Å²) in [4.78, 5) is 24.5. The van der Waals surface area contributed by atoms with Crippen LogP contribution in [0.5, 0.6) is 11.8 Å². The van der Waals surface area contributed by atoms with Gasteiger partial charge in [-0.05, 0) is 17.9 Å². The molecule has 3 unspecified atom stereocenters. The number of pyridine rings is 2. The molecule has 0 aliphatic carbocycles. The van der Waals surface area contributed by atoms with Gasteiger partial charge >= 0.3 is 5.97 Å². The summed E-state index contributed by atoms with van der Waals surface area (Å²) in [5, 5.41) is 9.92. The van der Waals surface area contributed by atoms with Crippen LogP contribution in [0.15, 0.2) is 30.6 Å².